The van der Waals surface area contributed by atoms with Gasteiger partial charge in [0.15, 0.2) is 0 Å². The van der Waals surface area contributed by atoms with Crippen molar-refractivity contribution in [3.63, 3.8) is 0 Å². The Hall–Kier alpha value is -3.12. The topological polar surface area (TPSA) is 0 Å². The fourth-order valence-corrected chi connectivity index (χ4v) is 4.40. The van der Waals surface area contributed by atoms with Crippen molar-refractivity contribution in [3.8, 4) is 11.1 Å². The highest BCUT2D eigenvalue weighted by Gasteiger charge is 2.06. The van der Waals surface area contributed by atoms with Crippen LogP contribution in [0.1, 0.15) is 54.0 Å². The van der Waals surface area contributed by atoms with E-state index < -0.39 is 0 Å². The van der Waals surface area contributed by atoms with Crippen LogP contribution in [0.5, 0.6) is 0 Å². The third kappa shape index (κ3) is 5.98. The van der Waals surface area contributed by atoms with Crippen LogP contribution in [0.4, 0.5) is 0 Å². The van der Waals surface area contributed by atoms with Crippen molar-refractivity contribution in [2.45, 2.75) is 51.9 Å². The maximum absolute atomic E-state index is 2.31. The van der Waals surface area contributed by atoms with E-state index in [2.05, 4.69) is 117 Å². The molecule has 4 aromatic rings. The Kier molecular flexibility index (Phi) is 7.56. The van der Waals surface area contributed by atoms with Crippen molar-refractivity contribution >= 4 is 0 Å². The van der Waals surface area contributed by atoms with E-state index in [1.807, 2.05) is 0 Å². The molecular formula is C32H34. The van der Waals surface area contributed by atoms with E-state index in [1.165, 1.54) is 45.4 Å². The van der Waals surface area contributed by atoms with Crippen LogP contribution in [0.2, 0.25) is 0 Å². The average Bonchev–Trinajstić information content (AvgIpc) is 2.85. The first kappa shape index (κ1) is 22.1. The Morgan fingerprint density at radius 3 is 1.44 bits per heavy atom. The molecule has 0 heterocycles. The molecule has 0 bridgehead atoms. The van der Waals surface area contributed by atoms with Crippen molar-refractivity contribution in [3.05, 3.63) is 131 Å². The van der Waals surface area contributed by atoms with Crippen molar-refractivity contribution < 1.29 is 0 Å². The summed E-state index contributed by atoms with van der Waals surface area (Å²) in [7, 11) is 0. The van der Waals surface area contributed by atoms with Gasteiger partial charge in [0.2, 0.25) is 0 Å². The summed E-state index contributed by atoms with van der Waals surface area (Å²) in [6.07, 6.45) is 5.61. The summed E-state index contributed by atoms with van der Waals surface area (Å²) in [6.45, 7) is 4.54. The lowest BCUT2D eigenvalue weighted by atomic mass is 9.93. The lowest BCUT2D eigenvalue weighted by molar-refractivity contribution is 0.758. The zero-order valence-electron chi connectivity index (χ0n) is 19.4. The number of rotatable bonds is 9. The lowest BCUT2D eigenvalue weighted by Gasteiger charge is -2.12. The third-order valence-electron chi connectivity index (χ3n) is 6.42. The molecule has 4 rings (SSSR count). The van der Waals surface area contributed by atoms with Crippen LogP contribution >= 0.6 is 0 Å². The second kappa shape index (κ2) is 11.0. The number of aryl methyl sites for hydroxylation is 3. The van der Waals surface area contributed by atoms with Gasteiger partial charge >= 0.3 is 0 Å². The van der Waals surface area contributed by atoms with Gasteiger partial charge in [-0.25, -0.2) is 0 Å². The molecule has 0 radical (unpaired) electrons. The van der Waals surface area contributed by atoms with Crippen LogP contribution in [0, 0.1) is 0 Å². The standard InChI is InChI=1S/C32H34/c1-3-7-26-16-20-31(21-17-26)32-22-18-28(19-23-32)11-10-27-12-14-29(15-13-27)24-25(2)30-8-5-4-6-9-30/h4-6,8-9,12-23,25H,3,7,10-11,24H2,1-2H3/t25-/m1/s1. The zero-order chi connectivity index (χ0) is 22.2. The molecule has 0 unspecified atom stereocenters. The van der Waals surface area contributed by atoms with Gasteiger partial charge in [-0.05, 0) is 70.5 Å². The van der Waals surface area contributed by atoms with Crippen molar-refractivity contribution in [1.29, 1.82) is 0 Å². The van der Waals surface area contributed by atoms with Crippen molar-refractivity contribution in [2.75, 3.05) is 0 Å². The molecule has 0 aliphatic carbocycles. The van der Waals surface area contributed by atoms with E-state index in [0.29, 0.717) is 5.92 Å². The van der Waals surface area contributed by atoms with Crippen LogP contribution in [0.25, 0.3) is 11.1 Å². The number of hydrogen-bond donors (Lipinski definition) is 0. The number of benzene rings is 4. The minimum Gasteiger partial charge on any atom is -0.0651 e. The molecule has 0 saturated heterocycles. The highest BCUT2D eigenvalue weighted by Crippen LogP contribution is 2.23. The second-order valence-corrected chi connectivity index (χ2v) is 8.98. The van der Waals surface area contributed by atoms with Gasteiger partial charge in [-0.3, -0.25) is 0 Å². The monoisotopic (exact) mass is 418 g/mol. The molecule has 0 spiro atoms. The first-order valence-corrected chi connectivity index (χ1v) is 12.0. The maximum Gasteiger partial charge on any atom is -0.0150 e. The normalized spacial score (nSPS) is 11.9. The maximum atomic E-state index is 2.31. The second-order valence-electron chi connectivity index (χ2n) is 8.98. The third-order valence-corrected chi connectivity index (χ3v) is 6.42. The van der Waals surface area contributed by atoms with Gasteiger partial charge in [0.25, 0.3) is 0 Å². The molecule has 0 fully saturated rings. The first-order valence-electron chi connectivity index (χ1n) is 12.0. The van der Waals surface area contributed by atoms with Crippen molar-refractivity contribution in [1.82, 2.24) is 0 Å². The Bertz CT molecular complexity index is 1070. The summed E-state index contributed by atoms with van der Waals surface area (Å²) in [5, 5.41) is 0. The van der Waals surface area contributed by atoms with E-state index in [1.54, 1.807) is 0 Å². The van der Waals surface area contributed by atoms with Gasteiger partial charge in [0.1, 0.15) is 0 Å². The highest BCUT2D eigenvalue weighted by molar-refractivity contribution is 5.64. The summed E-state index contributed by atoms with van der Waals surface area (Å²) in [6, 6.07) is 38.1. The lowest BCUT2D eigenvalue weighted by Crippen LogP contribution is -1.99. The van der Waals surface area contributed by atoms with E-state index in [4.69, 9.17) is 0 Å². The van der Waals surface area contributed by atoms with Crippen LogP contribution < -0.4 is 0 Å². The Balaban J connectivity index is 1.30. The van der Waals surface area contributed by atoms with Gasteiger partial charge in [0, 0.05) is 0 Å². The molecule has 0 aromatic heterocycles. The van der Waals surface area contributed by atoms with Gasteiger partial charge < -0.3 is 0 Å². The quantitative estimate of drug-likeness (QED) is 0.256. The minimum absolute atomic E-state index is 0.545. The molecule has 0 nitrogen and oxygen atoms in total. The molecule has 0 N–H and O–H groups in total. The molecule has 32 heavy (non-hydrogen) atoms. The summed E-state index contributed by atoms with van der Waals surface area (Å²) < 4.78 is 0. The zero-order valence-corrected chi connectivity index (χ0v) is 19.4. The largest absolute Gasteiger partial charge is 0.0651 e. The predicted octanol–water partition coefficient (Wildman–Crippen LogP) is 8.44. The van der Waals surface area contributed by atoms with Crippen LogP contribution in [-0.4, -0.2) is 0 Å². The molecule has 0 saturated carbocycles. The fourth-order valence-electron chi connectivity index (χ4n) is 4.40. The smallest absolute Gasteiger partial charge is 0.0150 e. The molecule has 1 atom stereocenters. The molecule has 162 valence electrons. The van der Waals surface area contributed by atoms with E-state index in [-0.39, 0.29) is 0 Å². The number of hydrogen-bond acceptors (Lipinski definition) is 0. The minimum atomic E-state index is 0.545. The van der Waals surface area contributed by atoms with Gasteiger partial charge in [-0.15, -0.1) is 0 Å². The van der Waals surface area contributed by atoms with E-state index in [9.17, 15) is 0 Å². The fraction of sp³-hybridized carbons (Fsp3) is 0.250. The van der Waals surface area contributed by atoms with Gasteiger partial charge in [-0.2, -0.15) is 0 Å². The van der Waals surface area contributed by atoms with Gasteiger partial charge in [-0.1, -0.05) is 123 Å². The molecule has 0 heteroatoms. The Morgan fingerprint density at radius 1 is 0.500 bits per heavy atom. The molecule has 0 aliphatic rings. The Labute approximate surface area is 194 Å². The Morgan fingerprint density at radius 2 is 0.938 bits per heavy atom. The van der Waals surface area contributed by atoms with Crippen LogP contribution in [0.3, 0.4) is 0 Å². The summed E-state index contributed by atoms with van der Waals surface area (Å²) in [5.41, 5.74) is 9.67. The first-order chi connectivity index (χ1) is 15.7. The molecule has 0 amide bonds. The highest BCUT2D eigenvalue weighted by atomic mass is 14.1. The summed E-state index contributed by atoms with van der Waals surface area (Å²) in [5.74, 6) is 0.545. The summed E-state index contributed by atoms with van der Waals surface area (Å²) >= 11 is 0. The summed E-state index contributed by atoms with van der Waals surface area (Å²) in [4.78, 5) is 0. The van der Waals surface area contributed by atoms with E-state index >= 15 is 0 Å². The predicted molar refractivity (Wildman–Crippen MR) is 138 cm³/mol. The van der Waals surface area contributed by atoms with Crippen LogP contribution in [-0.2, 0) is 25.7 Å². The van der Waals surface area contributed by atoms with E-state index in [0.717, 1.165) is 25.7 Å². The molecule has 4 aromatic carbocycles. The molecular weight excluding hydrogens is 384 g/mol. The van der Waals surface area contributed by atoms with Crippen LogP contribution in [0.15, 0.2) is 103 Å². The average molecular weight is 419 g/mol. The molecule has 0 aliphatic heterocycles. The van der Waals surface area contributed by atoms with Crippen molar-refractivity contribution in [2.24, 2.45) is 0 Å². The van der Waals surface area contributed by atoms with Gasteiger partial charge in [0.05, 0.1) is 0 Å². The SMILES string of the molecule is CCCc1ccc(-c2ccc(CCc3ccc(C[C@@H](C)c4ccccc4)cc3)cc2)cc1.